The van der Waals surface area contributed by atoms with E-state index < -0.39 is 6.10 Å². The van der Waals surface area contributed by atoms with E-state index in [-0.39, 0.29) is 5.91 Å². The summed E-state index contributed by atoms with van der Waals surface area (Å²) in [7, 11) is 3.06. The fraction of sp³-hybridized carbons (Fsp3) is 0.228. The van der Waals surface area contributed by atoms with Gasteiger partial charge >= 0.3 is 0 Å². The van der Waals surface area contributed by atoms with Gasteiger partial charge in [-0.3, -0.25) is 14.4 Å². The summed E-state index contributed by atoms with van der Waals surface area (Å²) in [6.45, 7) is 11.9. The fourth-order valence-electron chi connectivity index (χ4n) is 9.91. The standard InChI is InChI=1S/C20H20ClN5O2.C19H19ClN4O.C18H15ClN4O/c1-13-19-17-9-4-14(20(27)24(2)28-3)12-18(17)25(10-11-26(19)23-22-13)16-7-5-15(21)6-8-16;1-12-19-17-8-3-14(13(2)25)11-18(17)23(9-10-24(19)22-21-12)16-6-4-15(20)5-7-16;1-12-18-16-7-2-13(11-24)10-17(16)22(8-9-23(18)21-20-12)15-5-3-14(19)4-6-15/h4-9,12H,10-11H2,1-3H3;3-8,11,13,25H,9-10H2,1-2H3;2-7,10-11H,8-9H2,1H3. The van der Waals surface area contributed by atoms with E-state index in [9.17, 15) is 14.7 Å². The lowest BCUT2D eigenvalue weighted by molar-refractivity contribution is -0.0756. The molecule has 6 aromatic carbocycles. The van der Waals surface area contributed by atoms with Gasteiger partial charge in [0.25, 0.3) is 5.91 Å². The summed E-state index contributed by atoms with van der Waals surface area (Å²) in [4.78, 5) is 35.5. The van der Waals surface area contributed by atoms with E-state index in [0.717, 1.165) is 116 Å². The number of aliphatic hydroxyl groups excluding tert-OH is 1. The Labute approximate surface area is 460 Å². The molecule has 3 aliphatic rings. The molecule has 392 valence electrons. The van der Waals surface area contributed by atoms with Crippen molar-refractivity contribution in [3.63, 3.8) is 0 Å². The lowest BCUT2D eigenvalue weighted by Gasteiger charge is -2.26. The van der Waals surface area contributed by atoms with Gasteiger partial charge in [0.15, 0.2) is 0 Å². The van der Waals surface area contributed by atoms with Gasteiger partial charge in [-0.25, -0.2) is 19.1 Å². The highest BCUT2D eigenvalue weighted by molar-refractivity contribution is 6.31. The summed E-state index contributed by atoms with van der Waals surface area (Å²) in [5, 5.41) is 38.8. The summed E-state index contributed by atoms with van der Waals surface area (Å²) in [5.74, 6) is -0.214. The van der Waals surface area contributed by atoms with Crippen molar-refractivity contribution < 1.29 is 19.5 Å². The largest absolute Gasteiger partial charge is 0.389 e. The zero-order valence-electron chi connectivity index (χ0n) is 43.1. The lowest BCUT2D eigenvalue weighted by Crippen LogP contribution is -2.26. The molecule has 6 heterocycles. The Kier molecular flexibility index (Phi) is 15.2. The zero-order valence-corrected chi connectivity index (χ0v) is 45.4. The van der Waals surface area contributed by atoms with Crippen molar-refractivity contribution >= 4 is 81.1 Å². The van der Waals surface area contributed by atoms with Crippen LogP contribution in [-0.4, -0.2) is 101 Å². The molecule has 0 bridgehead atoms. The molecular formula is C57H54Cl3N13O4. The van der Waals surface area contributed by atoms with E-state index in [1.165, 1.54) is 12.2 Å². The number of carbonyl (C=O) groups is 2. The first-order valence-electron chi connectivity index (χ1n) is 24.9. The molecule has 0 radical (unpaired) electrons. The highest BCUT2D eigenvalue weighted by Crippen LogP contribution is 2.43. The van der Waals surface area contributed by atoms with Crippen LogP contribution in [0, 0.1) is 20.8 Å². The number of aryl methyl sites for hydroxylation is 3. The zero-order chi connectivity index (χ0) is 54.1. The smallest absolute Gasteiger partial charge is 0.277 e. The Balaban J connectivity index is 0.000000131. The molecule has 0 aliphatic carbocycles. The van der Waals surface area contributed by atoms with Crippen LogP contribution in [0.5, 0.6) is 0 Å². The molecule has 1 N–H and O–H groups in total. The second kappa shape index (κ2) is 22.3. The third kappa shape index (κ3) is 10.6. The Hall–Kier alpha value is -7.93. The van der Waals surface area contributed by atoms with Crippen molar-refractivity contribution in [1.29, 1.82) is 0 Å². The molecule has 1 unspecified atom stereocenters. The molecule has 1 atom stereocenters. The van der Waals surface area contributed by atoms with Gasteiger partial charge in [-0.05, 0) is 142 Å². The maximum atomic E-state index is 12.6. The molecule has 17 nitrogen and oxygen atoms in total. The van der Waals surface area contributed by atoms with Crippen molar-refractivity contribution in [2.75, 3.05) is 48.5 Å². The van der Waals surface area contributed by atoms with Gasteiger partial charge in [-0.1, -0.05) is 68.6 Å². The number of hydroxylamine groups is 2. The first kappa shape index (κ1) is 52.5. The first-order chi connectivity index (χ1) is 37.2. The molecule has 9 aromatic rings. The van der Waals surface area contributed by atoms with Crippen LogP contribution in [0.4, 0.5) is 34.1 Å². The van der Waals surface area contributed by atoms with E-state index in [1.54, 1.807) is 20.0 Å². The number of anilines is 6. The summed E-state index contributed by atoms with van der Waals surface area (Å²) >= 11 is 18.1. The second-order valence-corrected chi connectivity index (χ2v) is 20.0. The van der Waals surface area contributed by atoms with Gasteiger partial charge in [-0.2, -0.15) is 0 Å². The van der Waals surface area contributed by atoms with Gasteiger partial charge in [-0.15, -0.1) is 15.3 Å². The Morgan fingerprint density at radius 1 is 0.558 bits per heavy atom. The van der Waals surface area contributed by atoms with Crippen molar-refractivity contribution in [3.8, 4) is 33.8 Å². The number of amides is 1. The number of hydrogen-bond acceptors (Lipinski definition) is 13. The van der Waals surface area contributed by atoms with E-state index in [4.69, 9.17) is 39.6 Å². The summed E-state index contributed by atoms with van der Waals surface area (Å²) in [5.41, 5.74) is 16.8. The number of aliphatic hydroxyl groups is 1. The topological polar surface area (TPSA) is 169 Å². The molecular weight excluding hydrogens is 1040 g/mol. The average molecular weight is 1090 g/mol. The summed E-state index contributed by atoms with van der Waals surface area (Å²) in [6.07, 6.45) is 0.345. The van der Waals surface area contributed by atoms with E-state index in [1.807, 2.05) is 150 Å². The van der Waals surface area contributed by atoms with Crippen molar-refractivity contribution in [3.05, 3.63) is 176 Å². The molecule has 1 amide bonds. The van der Waals surface area contributed by atoms with Crippen molar-refractivity contribution in [2.45, 2.75) is 53.4 Å². The minimum Gasteiger partial charge on any atom is -0.389 e. The number of fused-ring (bicyclic) bond motifs is 9. The predicted octanol–water partition coefficient (Wildman–Crippen LogP) is 11.7. The van der Waals surface area contributed by atoms with Gasteiger partial charge in [0, 0.05) is 86.6 Å². The molecule has 3 aliphatic heterocycles. The first-order valence-corrected chi connectivity index (χ1v) is 26.0. The van der Waals surface area contributed by atoms with E-state index in [0.29, 0.717) is 45.8 Å². The third-order valence-electron chi connectivity index (χ3n) is 13.8. The SMILES string of the molecule is CON(C)C(=O)c1ccc2c(c1)N(c1ccc(Cl)cc1)CCn1nnc(C)c1-2.Cc1nnn2c1-c1ccc(C(C)O)cc1N(c1ccc(Cl)cc1)CC2.Cc1nnn2c1-c1ccc(C=O)cc1N(c1ccc(Cl)cc1)CC2. The van der Waals surface area contributed by atoms with Crippen LogP contribution in [0.1, 0.15) is 56.4 Å². The third-order valence-corrected chi connectivity index (χ3v) is 14.6. The normalized spacial score (nSPS) is 13.6. The van der Waals surface area contributed by atoms with Crippen LogP contribution < -0.4 is 14.7 Å². The average Bonchev–Trinajstić information content (AvgIpc) is 4.04. The maximum Gasteiger partial charge on any atom is 0.277 e. The van der Waals surface area contributed by atoms with Crippen LogP contribution in [0.2, 0.25) is 15.1 Å². The number of halogens is 3. The summed E-state index contributed by atoms with van der Waals surface area (Å²) in [6, 6.07) is 40.6. The van der Waals surface area contributed by atoms with Gasteiger partial charge in [0.1, 0.15) is 6.29 Å². The number of rotatable bonds is 7. The second-order valence-electron chi connectivity index (χ2n) is 18.7. The molecule has 0 saturated heterocycles. The molecule has 12 rings (SSSR count). The number of benzene rings is 6. The predicted molar refractivity (Wildman–Crippen MR) is 301 cm³/mol. The lowest BCUT2D eigenvalue weighted by atomic mass is 10.0. The Bertz CT molecular complexity index is 3620. The minimum atomic E-state index is -0.523. The maximum absolute atomic E-state index is 12.6. The number of aromatic nitrogens is 9. The van der Waals surface area contributed by atoms with E-state index >= 15 is 0 Å². The van der Waals surface area contributed by atoms with Crippen LogP contribution in [-0.2, 0) is 24.5 Å². The number of hydrogen-bond donors (Lipinski definition) is 1. The van der Waals surface area contributed by atoms with Gasteiger partial charge in [0.2, 0.25) is 0 Å². The molecule has 0 saturated carbocycles. The summed E-state index contributed by atoms with van der Waals surface area (Å²) < 4.78 is 5.78. The quantitative estimate of drug-likeness (QED) is 0.118. The Morgan fingerprint density at radius 3 is 1.32 bits per heavy atom. The number of carbonyl (C=O) groups excluding carboxylic acids is 2. The molecule has 77 heavy (non-hydrogen) atoms. The molecule has 3 aromatic heterocycles. The van der Waals surface area contributed by atoms with Crippen LogP contribution >= 0.6 is 34.8 Å². The minimum absolute atomic E-state index is 0.214. The van der Waals surface area contributed by atoms with Crippen LogP contribution in [0.25, 0.3) is 33.8 Å². The number of nitrogens with zero attached hydrogens (tertiary/aromatic N) is 13. The van der Waals surface area contributed by atoms with Crippen LogP contribution in [0.15, 0.2) is 127 Å². The number of aldehydes is 1. The highest BCUT2D eigenvalue weighted by Gasteiger charge is 2.28. The van der Waals surface area contributed by atoms with Crippen molar-refractivity contribution in [1.82, 2.24) is 50.0 Å². The molecule has 20 heteroatoms. The van der Waals surface area contributed by atoms with Crippen molar-refractivity contribution in [2.24, 2.45) is 0 Å². The van der Waals surface area contributed by atoms with Gasteiger partial charge < -0.3 is 19.8 Å². The monoisotopic (exact) mass is 1090 g/mol. The molecule has 0 spiro atoms. The van der Waals surface area contributed by atoms with Crippen LogP contribution in [0.3, 0.4) is 0 Å². The molecule has 0 fully saturated rings. The highest BCUT2D eigenvalue weighted by atomic mass is 35.5. The van der Waals surface area contributed by atoms with Gasteiger partial charge in [0.05, 0.1) is 84.1 Å². The Morgan fingerprint density at radius 2 is 0.935 bits per heavy atom. The van der Waals surface area contributed by atoms with E-state index in [2.05, 4.69) is 51.7 Å². The fourth-order valence-corrected chi connectivity index (χ4v) is 10.3.